The zero-order valence-corrected chi connectivity index (χ0v) is 13.6. The number of ether oxygens (including phenoxy) is 1. The molecule has 1 heterocycles. The number of unbranched alkanes of at least 4 members (excludes halogenated alkanes) is 2. The highest BCUT2D eigenvalue weighted by Gasteiger charge is 2.04. The molecule has 6 heteroatoms. The number of nitrogens with one attached hydrogen (secondary N) is 1. The summed E-state index contributed by atoms with van der Waals surface area (Å²) in [7, 11) is 0. The molecule has 0 radical (unpaired) electrons. The Balaban J connectivity index is 2.11. The quantitative estimate of drug-likeness (QED) is 0.673. The molecule has 1 N–H and O–H groups in total. The van der Waals surface area contributed by atoms with Crippen molar-refractivity contribution in [1.29, 1.82) is 0 Å². The van der Waals surface area contributed by atoms with Gasteiger partial charge in [0.2, 0.25) is 5.91 Å². The smallest absolute Gasteiger partial charge is 0.220 e. The summed E-state index contributed by atoms with van der Waals surface area (Å²) in [6, 6.07) is 0.221. The van der Waals surface area contributed by atoms with Crippen molar-refractivity contribution in [3.8, 4) is 0 Å². The molecule has 120 valence electrons. The van der Waals surface area contributed by atoms with Crippen LogP contribution >= 0.6 is 0 Å². The predicted molar refractivity (Wildman–Crippen MR) is 81.7 cm³/mol. The summed E-state index contributed by atoms with van der Waals surface area (Å²) in [6.07, 6.45) is 5.66. The number of nitrogens with zero attached hydrogens (tertiary/aromatic N) is 3. The lowest BCUT2D eigenvalue weighted by molar-refractivity contribution is -0.121. The van der Waals surface area contributed by atoms with Crippen molar-refractivity contribution >= 4 is 5.91 Å². The molecule has 0 unspecified atom stereocenters. The average molecular weight is 296 g/mol. The molecular formula is C15H28N4O2. The van der Waals surface area contributed by atoms with Gasteiger partial charge in [-0.25, -0.2) is 0 Å². The van der Waals surface area contributed by atoms with Crippen molar-refractivity contribution < 1.29 is 9.53 Å². The SMILES string of the molecule is CC(C)NC(=O)CCCCCn1cc(COC(C)C)nn1. The summed E-state index contributed by atoms with van der Waals surface area (Å²) in [5.41, 5.74) is 0.861. The molecule has 0 atom stereocenters. The third kappa shape index (κ3) is 8.45. The first-order valence-electron chi connectivity index (χ1n) is 7.77. The number of carbonyl (C=O) groups is 1. The zero-order valence-electron chi connectivity index (χ0n) is 13.6. The van der Waals surface area contributed by atoms with E-state index in [9.17, 15) is 4.79 Å². The Morgan fingerprint density at radius 3 is 2.71 bits per heavy atom. The van der Waals surface area contributed by atoms with E-state index in [1.807, 2.05) is 38.6 Å². The first-order chi connectivity index (χ1) is 9.97. The Kier molecular flexibility index (Phi) is 7.97. The van der Waals surface area contributed by atoms with Crippen molar-refractivity contribution in [3.63, 3.8) is 0 Å². The molecule has 0 aromatic carbocycles. The van der Waals surface area contributed by atoms with Gasteiger partial charge in [0.15, 0.2) is 0 Å². The van der Waals surface area contributed by atoms with Crippen LogP contribution in [0.2, 0.25) is 0 Å². The summed E-state index contributed by atoms with van der Waals surface area (Å²) >= 11 is 0. The van der Waals surface area contributed by atoms with Crippen LogP contribution in [-0.2, 0) is 22.7 Å². The minimum Gasteiger partial charge on any atom is -0.372 e. The van der Waals surface area contributed by atoms with Crippen molar-refractivity contribution in [2.45, 2.75) is 78.7 Å². The van der Waals surface area contributed by atoms with Crippen LogP contribution in [0.5, 0.6) is 0 Å². The molecular weight excluding hydrogens is 268 g/mol. The molecule has 0 aliphatic heterocycles. The number of aromatic nitrogens is 3. The van der Waals surface area contributed by atoms with Crippen LogP contribution < -0.4 is 5.32 Å². The van der Waals surface area contributed by atoms with Crippen LogP contribution in [0.3, 0.4) is 0 Å². The first-order valence-corrected chi connectivity index (χ1v) is 7.77. The van der Waals surface area contributed by atoms with Gasteiger partial charge in [-0.2, -0.15) is 0 Å². The lowest BCUT2D eigenvalue weighted by Crippen LogP contribution is -2.29. The minimum absolute atomic E-state index is 0.138. The van der Waals surface area contributed by atoms with Crippen molar-refractivity contribution in [1.82, 2.24) is 20.3 Å². The molecule has 21 heavy (non-hydrogen) atoms. The lowest BCUT2D eigenvalue weighted by Gasteiger charge is -2.07. The Labute approximate surface area is 127 Å². The van der Waals surface area contributed by atoms with Gasteiger partial charge < -0.3 is 10.1 Å². The third-order valence-corrected chi connectivity index (χ3v) is 2.89. The molecule has 1 aromatic heterocycles. The van der Waals surface area contributed by atoms with Crippen molar-refractivity contribution in [3.05, 3.63) is 11.9 Å². The van der Waals surface area contributed by atoms with Gasteiger partial charge in [0, 0.05) is 19.0 Å². The molecule has 0 aliphatic carbocycles. The maximum atomic E-state index is 11.5. The van der Waals surface area contributed by atoms with Gasteiger partial charge in [0.25, 0.3) is 0 Å². The highest BCUT2D eigenvalue weighted by Crippen LogP contribution is 2.04. The highest BCUT2D eigenvalue weighted by molar-refractivity contribution is 5.76. The third-order valence-electron chi connectivity index (χ3n) is 2.89. The first kappa shape index (κ1) is 17.6. The van der Waals surface area contributed by atoms with Gasteiger partial charge in [0.05, 0.1) is 18.9 Å². The topological polar surface area (TPSA) is 69.0 Å². The predicted octanol–water partition coefficient (Wildman–Crippen LogP) is 2.29. The number of carbonyl (C=O) groups excluding carboxylic acids is 1. The summed E-state index contributed by atoms with van der Waals surface area (Å²) in [4.78, 5) is 11.5. The Hall–Kier alpha value is -1.43. The standard InChI is InChI=1S/C15H28N4O2/c1-12(2)16-15(20)8-6-5-7-9-19-10-14(17-18-19)11-21-13(3)4/h10,12-13H,5-9,11H2,1-4H3,(H,16,20). The Morgan fingerprint density at radius 1 is 1.29 bits per heavy atom. The van der Waals surface area contributed by atoms with E-state index in [1.54, 1.807) is 0 Å². The largest absolute Gasteiger partial charge is 0.372 e. The number of hydrogen-bond donors (Lipinski definition) is 1. The molecule has 0 saturated heterocycles. The molecule has 1 aromatic rings. The van der Waals surface area contributed by atoms with E-state index in [1.165, 1.54) is 0 Å². The summed E-state index contributed by atoms with van der Waals surface area (Å²) in [6.45, 7) is 9.29. The molecule has 0 saturated carbocycles. The van der Waals surface area contributed by atoms with Crippen molar-refractivity contribution in [2.24, 2.45) is 0 Å². The van der Waals surface area contributed by atoms with Gasteiger partial charge in [-0.3, -0.25) is 9.48 Å². The van der Waals surface area contributed by atoms with Crippen molar-refractivity contribution in [2.75, 3.05) is 0 Å². The van der Waals surface area contributed by atoms with Crippen LogP contribution in [0, 0.1) is 0 Å². The number of rotatable bonds is 10. The zero-order chi connectivity index (χ0) is 15.7. The molecule has 1 amide bonds. The summed E-state index contributed by atoms with van der Waals surface area (Å²) in [5.74, 6) is 0.138. The second kappa shape index (κ2) is 9.50. The van der Waals surface area contributed by atoms with Crippen LogP contribution in [0.1, 0.15) is 59.1 Å². The summed E-state index contributed by atoms with van der Waals surface area (Å²) in [5, 5.41) is 11.0. The van der Waals surface area contributed by atoms with Gasteiger partial charge in [-0.05, 0) is 40.5 Å². The van der Waals surface area contributed by atoms with Gasteiger partial charge in [0.1, 0.15) is 5.69 Å². The number of aryl methyl sites for hydroxylation is 1. The molecule has 0 spiro atoms. The minimum atomic E-state index is 0.138. The van der Waals surface area contributed by atoms with E-state index in [0.717, 1.165) is 31.5 Å². The fourth-order valence-corrected chi connectivity index (χ4v) is 1.90. The number of hydrogen-bond acceptors (Lipinski definition) is 4. The second-order valence-corrected chi connectivity index (χ2v) is 5.87. The average Bonchev–Trinajstić information content (AvgIpc) is 2.83. The summed E-state index contributed by atoms with van der Waals surface area (Å²) < 4.78 is 7.32. The van der Waals surface area contributed by atoms with Gasteiger partial charge in [-0.1, -0.05) is 11.6 Å². The molecule has 0 fully saturated rings. The van der Waals surface area contributed by atoms with E-state index in [4.69, 9.17) is 4.74 Å². The lowest BCUT2D eigenvalue weighted by atomic mass is 10.2. The van der Waals surface area contributed by atoms with E-state index < -0.39 is 0 Å². The molecule has 6 nitrogen and oxygen atoms in total. The number of amides is 1. The van der Waals surface area contributed by atoms with Gasteiger partial charge in [-0.15, -0.1) is 5.10 Å². The fourth-order valence-electron chi connectivity index (χ4n) is 1.90. The molecule has 1 rings (SSSR count). The maximum absolute atomic E-state index is 11.5. The van der Waals surface area contributed by atoms with Crippen LogP contribution in [0.15, 0.2) is 6.20 Å². The fraction of sp³-hybridized carbons (Fsp3) is 0.800. The molecule has 0 bridgehead atoms. The normalized spacial score (nSPS) is 11.3. The van der Waals surface area contributed by atoms with E-state index in [-0.39, 0.29) is 18.1 Å². The second-order valence-electron chi connectivity index (χ2n) is 5.87. The Bertz CT molecular complexity index is 416. The highest BCUT2D eigenvalue weighted by atomic mass is 16.5. The van der Waals surface area contributed by atoms with Crippen LogP contribution in [0.4, 0.5) is 0 Å². The monoisotopic (exact) mass is 296 g/mol. The van der Waals surface area contributed by atoms with Gasteiger partial charge >= 0.3 is 0 Å². The van der Waals surface area contributed by atoms with Crippen LogP contribution in [-0.4, -0.2) is 33.0 Å². The maximum Gasteiger partial charge on any atom is 0.220 e. The van der Waals surface area contributed by atoms with E-state index in [2.05, 4.69) is 15.6 Å². The van der Waals surface area contributed by atoms with E-state index in [0.29, 0.717) is 13.0 Å². The Morgan fingerprint density at radius 2 is 2.05 bits per heavy atom. The van der Waals surface area contributed by atoms with Crippen LogP contribution in [0.25, 0.3) is 0 Å². The molecule has 0 aliphatic rings. The van der Waals surface area contributed by atoms with E-state index >= 15 is 0 Å².